The lowest BCUT2D eigenvalue weighted by molar-refractivity contribution is -0.121. The summed E-state index contributed by atoms with van der Waals surface area (Å²) >= 11 is 2.02. The van der Waals surface area contributed by atoms with Crippen LogP contribution in [-0.2, 0) is 4.79 Å². The van der Waals surface area contributed by atoms with Gasteiger partial charge in [-0.05, 0) is 45.3 Å². The van der Waals surface area contributed by atoms with E-state index in [2.05, 4.69) is 29.8 Å². The van der Waals surface area contributed by atoms with Crippen LogP contribution in [-0.4, -0.2) is 48.0 Å². The number of hydrogen-bond acceptors (Lipinski definition) is 3. The van der Waals surface area contributed by atoms with Crippen LogP contribution in [0.1, 0.15) is 58.8 Å². The predicted octanol–water partition coefficient (Wildman–Crippen LogP) is 2.28. The third-order valence-corrected chi connectivity index (χ3v) is 6.10. The van der Waals surface area contributed by atoms with E-state index in [-0.39, 0.29) is 10.7 Å². The number of nitrogens with zero attached hydrogens (tertiary/aromatic N) is 1. The molecule has 0 aromatic heterocycles. The Morgan fingerprint density at radius 1 is 1.26 bits per heavy atom. The zero-order chi connectivity index (χ0) is 16.5. The second kappa shape index (κ2) is 9.40. The van der Waals surface area contributed by atoms with Crippen LogP contribution in [0.2, 0.25) is 0 Å². The standard InChI is InChI=1S/C17H32N4OS/c1-3-18-16(20-13-17(2)10-6-12-23-17)19-11-9-15(22)21-14-7-4-5-8-14/h14H,3-13H2,1-2H3,(H,21,22)(H2,18,19,20). The quantitative estimate of drug-likeness (QED) is 0.491. The van der Waals surface area contributed by atoms with Crippen LogP contribution in [0, 0.1) is 0 Å². The first-order chi connectivity index (χ1) is 11.1. The summed E-state index contributed by atoms with van der Waals surface area (Å²) in [6.07, 6.45) is 7.81. The Hall–Kier alpha value is -0.910. The van der Waals surface area contributed by atoms with Crippen molar-refractivity contribution in [1.29, 1.82) is 0 Å². The lowest BCUT2D eigenvalue weighted by atomic mass is 10.1. The van der Waals surface area contributed by atoms with Crippen LogP contribution in [0.25, 0.3) is 0 Å². The summed E-state index contributed by atoms with van der Waals surface area (Å²) in [5, 5.41) is 9.68. The molecule has 0 aromatic carbocycles. The minimum Gasteiger partial charge on any atom is -0.357 e. The van der Waals surface area contributed by atoms with Gasteiger partial charge in [0.05, 0.1) is 6.54 Å². The van der Waals surface area contributed by atoms with Crippen molar-refractivity contribution in [2.45, 2.75) is 69.6 Å². The number of hydrogen-bond donors (Lipinski definition) is 3. The van der Waals surface area contributed by atoms with Crippen molar-refractivity contribution < 1.29 is 4.79 Å². The van der Waals surface area contributed by atoms with E-state index >= 15 is 0 Å². The van der Waals surface area contributed by atoms with Gasteiger partial charge in [0.2, 0.25) is 5.91 Å². The van der Waals surface area contributed by atoms with Crippen molar-refractivity contribution >= 4 is 23.6 Å². The maximum Gasteiger partial charge on any atom is 0.221 e. The molecule has 1 saturated carbocycles. The van der Waals surface area contributed by atoms with Crippen LogP contribution in [0.3, 0.4) is 0 Å². The Bertz CT molecular complexity index is 401. The summed E-state index contributed by atoms with van der Waals surface area (Å²) in [4.78, 5) is 16.7. The Kier molecular flexibility index (Phi) is 7.53. The van der Waals surface area contributed by atoms with E-state index in [1.807, 2.05) is 11.8 Å². The summed E-state index contributed by atoms with van der Waals surface area (Å²) in [7, 11) is 0. The molecule has 0 bridgehead atoms. The van der Waals surface area contributed by atoms with Crippen LogP contribution >= 0.6 is 11.8 Å². The molecular formula is C17H32N4OS. The average molecular weight is 341 g/mol. The minimum absolute atomic E-state index is 0.151. The number of aliphatic imine (C=N–C) groups is 1. The van der Waals surface area contributed by atoms with Crippen LogP contribution in [0.5, 0.6) is 0 Å². The van der Waals surface area contributed by atoms with Crippen molar-refractivity contribution in [2.24, 2.45) is 4.99 Å². The highest BCUT2D eigenvalue weighted by atomic mass is 32.2. The number of nitrogens with one attached hydrogen (secondary N) is 3. The number of guanidine groups is 1. The van der Waals surface area contributed by atoms with Gasteiger partial charge in [-0.2, -0.15) is 11.8 Å². The molecule has 1 unspecified atom stereocenters. The molecule has 1 aliphatic carbocycles. The molecule has 6 heteroatoms. The fraction of sp³-hybridized carbons (Fsp3) is 0.882. The van der Waals surface area contributed by atoms with Gasteiger partial charge in [0, 0.05) is 30.3 Å². The van der Waals surface area contributed by atoms with Crippen LogP contribution < -0.4 is 16.0 Å². The maximum absolute atomic E-state index is 11.9. The molecule has 0 aromatic rings. The molecule has 132 valence electrons. The summed E-state index contributed by atoms with van der Waals surface area (Å²) in [6, 6.07) is 0.406. The molecule has 1 aliphatic heterocycles. The zero-order valence-electron chi connectivity index (χ0n) is 14.6. The van der Waals surface area contributed by atoms with Gasteiger partial charge in [-0.25, -0.2) is 0 Å². The Labute approximate surface area is 144 Å². The molecule has 23 heavy (non-hydrogen) atoms. The molecule has 1 heterocycles. The van der Waals surface area contributed by atoms with Crippen molar-refractivity contribution in [1.82, 2.24) is 16.0 Å². The Balaban J connectivity index is 1.69. The first kappa shape index (κ1) is 18.4. The third-order valence-electron chi connectivity index (χ3n) is 4.58. The Morgan fingerprint density at radius 2 is 2.04 bits per heavy atom. The number of carbonyl (C=O) groups excluding carboxylic acids is 1. The molecule has 2 rings (SSSR count). The van der Waals surface area contributed by atoms with Gasteiger partial charge in [-0.15, -0.1) is 0 Å². The summed E-state index contributed by atoms with van der Waals surface area (Å²) < 4.78 is 0.280. The van der Waals surface area contributed by atoms with Gasteiger partial charge < -0.3 is 16.0 Å². The summed E-state index contributed by atoms with van der Waals surface area (Å²) in [5.74, 6) is 2.23. The summed E-state index contributed by atoms with van der Waals surface area (Å²) in [5.41, 5.74) is 0. The fourth-order valence-electron chi connectivity index (χ4n) is 3.21. The number of thioether (sulfide) groups is 1. The maximum atomic E-state index is 11.9. The molecule has 2 aliphatic rings. The molecule has 3 N–H and O–H groups in total. The van der Waals surface area contributed by atoms with Crippen LogP contribution in [0.4, 0.5) is 0 Å². The lowest BCUT2D eigenvalue weighted by Gasteiger charge is -2.21. The second-order valence-corrected chi connectivity index (χ2v) is 8.51. The number of rotatable bonds is 7. The van der Waals surface area contributed by atoms with Crippen LogP contribution in [0.15, 0.2) is 4.99 Å². The topological polar surface area (TPSA) is 65.5 Å². The molecular weight excluding hydrogens is 308 g/mol. The highest BCUT2D eigenvalue weighted by molar-refractivity contribution is 8.00. The van der Waals surface area contributed by atoms with Crippen molar-refractivity contribution in [3.8, 4) is 0 Å². The third kappa shape index (κ3) is 6.61. The molecule has 0 spiro atoms. The van der Waals surface area contributed by atoms with Gasteiger partial charge in [0.1, 0.15) is 0 Å². The van der Waals surface area contributed by atoms with E-state index in [1.54, 1.807) is 0 Å². The van der Waals surface area contributed by atoms with E-state index in [1.165, 1.54) is 31.4 Å². The minimum atomic E-state index is 0.151. The highest BCUT2D eigenvalue weighted by Gasteiger charge is 2.29. The van der Waals surface area contributed by atoms with E-state index in [0.717, 1.165) is 31.9 Å². The second-order valence-electron chi connectivity index (χ2n) is 6.82. The zero-order valence-corrected chi connectivity index (χ0v) is 15.4. The molecule has 0 radical (unpaired) electrons. The van der Waals surface area contributed by atoms with Gasteiger partial charge in [0.25, 0.3) is 0 Å². The highest BCUT2D eigenvalue weighted by Crippen LogP contribution is 2.37. The van der Waals surface area contributed by atoms with Gasteiger partial charge in [-0.3, -0.25) is 9.79 Å². The van der Waals surface area contributed by atoms with Crippen molar-refractivity contribution in [3.05, 3.63) is 0 Å². The lowest BCUT2D eigenvalue weighted by Crippen LogP contribution is -2.41. The fourth-order valence-corrected chi connectivity index (χ4v) is 4.44. The number of carbonyl (C=O) groups is 1. The van der Waals surface area contributed by atoms with Gasteiger partial charge in [0.15, 0.2) is 5.96 Å². The first-order valence-corrected chi connectivity index (χ1v) is 10.1. The first-order valence-electron chi connectivity index (χ1n) is 9.07. The molecule has 1 amide bonds. The van der Waals surface area contributed by atoms with E-state index in [0.29, 0.717) is 19.0 Å². The molecule has 1 atom stereocenters. The average Bonchev–Trinajstić information content (AvgIpc) is 3.17. The van der Waals surface area contributed by atoms with Crippen molar-refractivity contribution in [2.75, 3.05) is 25.4 Å². The smallest absolute Gasteiger partial charge is 0.221 e. The normalized spacial score (nSPS) is 25.6. The molecule has 5 nitrogen and oxygen atoms in total. The summed E-state index contributed by atoms with van der Waals surface area (Å²) in [6.45, 7) is 6.67. The van der Waals surface area contributed by atoms with Gasteiger partial charge in [-0.1, -0.05) is 12.8 Å². The van der Waals surface area contributed by atoms with Gasteiger partial charge >= 0.3 is 0 Å². The van der Waals surface area contributed by atoms with E-state index in [9.17, 15) is 4.79 Å². The Morgan fingerprint density at radius 3 is 2.70 bits per heavy atom. The van der Waals surface area contributed by atoms with Crippen molar-refractivity contribution in [3.63, 3.8) is 0 Å². The number of amides is 1. The SMILES string of the molecule is CCNC(=NCC1(C)CCCS1)NCCC(=O)NC1CCCC1. The monoisotopic (exact) mass is 340 g/mol. The van der Waals surface area contributed by atoms with E-state index < -0.39 is 0 Å². The largest absolute Gasteiger partial charge is 0.357 e. The molecule has 2 fully saturated rings. The molecule has 1 saturated heterocycles. The predicted molar refractivity (Wildman–Crippen MR) is 99.1 cm³/mol. The van der Waals surface area contributed by atoms with E-state index in [4.69, 9.17) is 4.99 Å².